The number of carbonyl (C=O) groups excluding carboxylic acids is 1. The van der Waals surface area contributed by atoms with Crippen LogP contribution in [-0.4, -0.2) is 23.7 Å². The van der Waals surface area contributed by atoms with Crippen molar-refractivity contribution in [3.63, 3.8) is 0 Å². The van der Waals surface area contributed by atoms with Gasteiger partial charge in [-0.15, -0.1) is 0 Å². The molecular formula is C14H18ClFN2O3. The molecule has 1 aromatic carbocycles. The lowest BCUT2D eigenvalue weighted by Crippen LogP contribution is -2.35. The Kier molecular flexibility index (Phi) is 6.94. The molecular weight excluding hydrogens is 299 g/mol. The number of hydrogen-bond donors (Lipinski definition) is 3. The minimum absolute atomic E-state index is 0.0115. The van der Waals surface area contributed by atoms with Gasteiger partial charge in [0, 0.05) is 13.1 Å². The monoisotopic (exact) mass is 316 g/mol. The van der Waals surface area contributed by atoms with E-state index in [1.807, 2.05) is 0 Å². The smallest absolute Gasteiger partial charge is 0.315 e. The zero-order valence-corrected chi connectivity index (χ0v) is 12.4. The first-order valence-electron chi connectivity index (χ1n) is 6.58. The van der Waals surface area contributed by atoms with Gasteiger partial charge in [-0.05, 0) is 30.5 Å². The highest BCUT2D eigenvalue weighted by atomic mass is 35.5. The van der Waals surface area contributed by atoms with Crippen LogP contribution >= 0.6 is 11.6 Å². The Hall–Kier alpha value is -1.82. The lowest BCUT2D eigenvalue weighted by molar-refractivity contribution is -0.141. The van der Waals surface area contributed by atoms with Crippen LogP contribution in [0.5, 0.6) is 0 Å². The van der Waals surface area contributed by atoms with Gasteiger partial charge in [0.1, 0.15) is 5.82 Å². The molecule has 0 radical (unpaired) electrons. The molecule has 21 heavy (non-hydrogen) atoms. The normalized spacial score (nSPS) is 11.8. The molecule has 1 aromatic rings. The number of carboxylic acid groups (broad SMARTS) is 1. The molecule has 1 unspecified atom stereocenters. The average molecular weight is 317 g/mol. The van der Waals surface area contributed by atoms with Gasteiger partial charge in [0.25, 0.3) is 0 Å². The molecule has 7 heteroatoms. The SMILES string of the molecule is CC(CCCNC(=O)NCc1ccc(F)c(Cl)c1)C(=O)O. The lowest BCUT2D eigenvalue weighted by Gasteiger charge is -2.09. The van der Waals surface area contributed by atoms with E-state index in [-0.39, 0.29) is 17.6 Å². The summed E-state index contributed by atoms with van der Waals surface area (Å²) >= 11 is 5.64. The Morgan fingerprint density at radius 3 is 2.71 bits per heavy atom. The van der Waals surface area contributed by atoms with Gasteiger partial charge in [0.2, 0.25) is 0 Å². The van der Waals surface area contributed by atoms with E-state index in [0.717, 1.165) is 0 Å². The molecule has 0 aliphatic carbocycles. The van der Waals surface area contributed by atoms with Crippen LogP contribution in [-0.2, 0) is 11.3 Å². The average Bonchev–Trinajstić information content (AvgIpc) is 2.44. The number of amides is 2. The Balaban J connectivity index is 2.22. The highest BCUT2D eigenvalue weighted by Crippen LogP contribution is 2.15. The number of carbonyl (C=O) groups is 2. The Labute approximate surface area is 127 Å². The molecule has 116 valence electrons. The van der Waals surface area contributed by atoms with Crippen LogP contribution in [0.25, 0.3) is 0 Å². The molecule has 3 N–H and O–H groups in total. The first kappa shape index (κ1) is 17.2. The first-order chi connectivity index (χ1) is 9.90. The van der Waals surface area contributed by atoms with Crippen LogP contribution in [0.2, 0.25) is 5.02 Å². The van der Waals surface area contributed by atoms with Gasteiger partial charge < -0.3 is 15.7 Å². The predicted molar refractivity (Wildman–Crippen MR) is 77.7 cm³/mol. The van der Waals surface area contributed by atoms with E-state index >= 15 is 0 Å². The van der Waals surface area contributed by atoms with Gasteiger partial charge in [-0.3, -0.25) is 4.79 Å². The van der Waals surface area contributed by atoms with E-state index < -0.39 is 17.7 Å². The molecule has 0 fully saturated rings. The highest BCUT2D eigenvalue weighted by Gasteiger charge is 2.10. The molecule has 1 atom stereocenters. The van der Waals surface area contributed by atoms with Crippen LogP contribution in [0.3, 0.4) is 0 Å². The number of halogens is 2. The third-order valence-electron chi connectivity index (χ3n) is 2.96. The quantitative estimate of drug-likeness (QED) is 0.677. The molecule has 0 spiro atoms. The third kappa shape index (κ3) is 6.44. The second kappa shape index (κ2) is 8.46. The van der Waals surface area contributed by atoms with E-state index in [0.29, 0.717) is 24.9 Å². The fourth-order valence-electron chi connectivity index (χ4n) is 1.63. The topological polar surface area (TPSA) is 78.4 Å². The lowest BCUT2D eigenvalue weighted by atomic mass is 10.1. The van der Waals surface area contributed by atoms with Crippen LogP contribution in [0.1, 0.15) is 25.3 Å². The molecule has 0 saturated heterocycles. The molecule has 0 aliphatic heterocycles. The van der Waals surface area contributed by atoms with Crippen molar-refractivity contribution in [2.45, 2.75) is 26.3 Å². The van der Waals surface area contributed by atoms with Crippen molar-refractivity contribution < 1.29 is 19.1 Å². The van der Waals surface area contributed by atoms with Gasteiger partial charge >= 0.3 is 12.0 Å². The van der Waals surface area contributed by atoms with Gasteiger partial charge in [-0.25, -0.2) is 9.18 Å². The van der Waals surface area contributed by atoms with Crippen molar-refractivity contribution in [1.29, 1.82) is 0 Å². The number of rotatable bonds is 7. The van der Waals surface area contributed by atoms with Gasteiger partial charge in [-0.1, -0.05) is 24.6 Å². The molecule has 0 saturated carbocycles. The molecule has 0 bridgehead atoms. The standard InChI is InChI=1S/C14H18ClFN2O3/c1-9(13(19)20)3-2-6-17-14(21)18-8-10-4-5-12(16)11(15)7-10/h4-5,7,9H,2-3,6,8H2,1H3,(H,19,20)(H2,17,18,21). The number of urea groups is 1. The summed E-state index contributed by atoms with van der Waals surface area (Å²) in [7, 11) is 0. The molecule has 0 heterocycles. The van der Waals surface area contributed by atoms with Crippen LogP contribution in [0.15, 0.2) is 18.2 Å². The van der Waals surface area contributed by atoms with E-state index in [4.69, 9.17) is 16.7 Å². The summed E-state index contributed by atoms with van der Waals surface area (Å²) in [6.45, 7) is 2.26. The summed E-state index contributed by atoms with van der Waals surface area (Å²) in [6.07, 6.45) is 1.09. The van der Waals surface area contributed by atoms with Gasteiger partial charge in [0.15, 0.2) is 0 Å². The van der Waals surface area contributed by atoms with Crippen molar-refractivity contribution in [2.24, 2.45) is 5.92 Å². The van der Waals surface area contributed by atoms with Crippen molar-refractivity contribution in [2.75, 3.05) is 6.54 Å². The predicted octanol–water partition coefficient (Wildman–Crippen LogP) is 2.78. The van der Waals surface area contributed by atoms with Crippen molar-refractivity contribution in [1.82, 2.24) is 10.6 Å². The molecule has 0 aromatic heterocycles. The van der Waals surface area contributed by atoms with E-state index in [1.54, 1.807) is 6.92 Å². The Bertz CT molecular complexity index is 511. The second-order valence-electron chi connectivity index (χ2n) is 4.74. The summed E-state index contributed by atoms with van der Waals surface area (Å²) in [5.41, 5.74) is 0.691. The number of carboxylic acids is 1. The third-order valence-corrected chi connectivity index (χ3v) is 3.25. The van der Waals surface area contributed by atoms with Gasteiger partial charge in [0.05, 0.1) is 10.9 Å². The maximum absolute atomic E-state index is 13.0. The number of hydrogen-bond acceptors (Lipinski definition) is 2. The fourth-order valence-corrected chi connectivity index (χ4v) is 1.83. The van der Waals surface area contributed by atoms with Crippen molar-refractivity contribution in [3.05, 3.63) is 34.6 Å². The van der Waals surface area contributed by atoms with Crippen LogP contribution in [0, 0.1) is 11.7 Å². The zero-order chi connectivity index (χ0) is 15.8. The number of nitrogens with one attached hydrogen (secondary N) is 2. The zero-order valence-electron chi connectivity index (χ0n) is 11.7. The summed E-state index contributed by atoms with van der Waals surface area (Å²) in [5, 5.41) is 13.9. The molecule has 1 rings (SSSR count). The minimum Gasteiger partial charge on any atom is -0.481 e. The number of benzene rings is 1. The van der Waals surface area contributed by atoms with E-state index in [1.165, 1.54) is 18.2 Å². The second-order valence-corrected chi connectivity index (χ2v) is 5.15. The maximum atomic E-state index is 13.0. The number of aliphatic carboxylic acids is 1. The Morgan fingerprint density at radius 2 is 2.10 bits per heavy atom. The fraction of sp³-hybridized carbons (Fsp3) is 0.429. The summed E-state index contributed by atoms with van der Waals surface area (Å²) < 4.78 is 13.0. The maximum Gasteiger partial charge on any atom is 0.315 e. The van der Waals surface area contributed by atoms with Crippen molar-refractivity contribution in [3.8, 4) is 0 Å². The molecule has 2 amide bonds. The van der Waals surface area contributed by atoms with Gasteiger partial charge in [-0.2, -0.15) is 0 Å². The van der Waals surface area contributed by atoms with Crippen molar-refractivity contribution >= 4 is 23.6 Å². The van der Waals surface area contributed by atoms with Crippen LogP contribution in [0.4, 0.5) is 9.18 Å². The highest BCUT2D eigenvalue weighted by molar-refractivity contribution is 6.30. The van der Waals surface area contributed by atoms with Crippen LogP contribution < -0.4 is 10.6 Å². The minimum atomic E-state index is -0.840. The van der Waals surface area contributed by atoms with E-state index in [9.17, 15) is 14.0 Å². The Morgan fingerprint density at radius 1 is 1.38 bits per heavy atom. The largest absolute Gasteiger partial charge is 0.481 e. The molecule has 5 nitrogen and oxygen atoms in total. The van der Waals surface area contributed by atoms with E-state index in [2.05, 4.69) is 10.6 Å². The molecule has 0 aliphatic rings. The summed E-state index contributed by atoms with van der Waals surface area (Å²) in [4.78, 5) is 22.1. The summed E-state index contributed by atoms with van der Waals surface area (Å²) in [5.74, 6) is -1.76. The summed E-state index contributed by atoms with van der Waals surface area (Å²) in [6, 6.07) is 3.87. The first-order valence-corrected chi connectivity index (χ1v) is 6.96.